The van der Waals surface area contributed by atoms with Crippen LogP contribution >= 0.6 is 0 Å². The summed E-state index contributed by atoms with van der Waals surface area (Å²) in [5.41, 5.74) is 8.06. The Hall–Kier alpha value is -5.28. The number of anilines is 2. The van der Waals surface area contributed by atoms with Crippen LogP contribution in [0.5, 0.6) is 0 Å². The highest BCUT2D eigenvalue weighted by Crippen LogP contribution is 2.40. The van der Waals surface area contributed by atoms with Gasteiger partial charge in [-0.3, -0.25) is 0 Å². The molecule has 0 saturated carbocycles. The van der Waals surface area contributed by atoms with Crippen molar-refractivity contribution in [2.45, 2.75) is 13.8 Å². The Balaban J connectivity index is 0.00000148. The summed E-state index contributed by atoms with van der Waals surface area (Å²) in [6, 6.07) is 41.2. The molecule has 0 unspecified atom stereocenters. The number of benzene rings is 5. The van der Waals surface area contributed by atoms with Crippen molar-refractivity contribution in [2.24, 2.45) is 0 Å². The highest BCUT2D eigenvalue weighted by Gasteiger charge is 2.21. The minimum absolute atomic E-state index is 0.673. The van der Waals surface area contributed by atoms with Crippen LogP contribution in [0.25, 0.3) is 56.3 Å². The maximum Gasteiger partial charge on any atom is 0.159 e. The molecule has 2 aromatic heterocycles. The van der Waals surface area contributed by atoms with Gasteiger partial charge in [-0.15, -0.1) is 0 Å². The molecule has 0 amide bonds. The van der Waals surface area contributed by atoms with Gasteiger partial charge in [-0.25, -0.2) is 0 Å². The fourth-order valence-electron chi connectivity index (χ4n) is 5.34. The Kier molecular flexibility index (Phi) is 7.01. The van der Waals surface area contributed by atoms with E-state index in [4.69, 9.17) is 8.83 Å². The third kappa shape index (κ3) is 4.52. The summed E-state index contributed by atoms with van der Waals surface area (Å²) in [5.74, 6) is 0. The first kappa shape index (κ1) is 26.0. The average molecular weight is 534 g/mol. The van der Waals surface area contributed by atoms with Crippen molar-refractivity contribution in [1.82, 2.24) is 0 Å². The predicted molar refractivity (Wildman–Crippen MR) is 174 cm³/mol. The van der Waals surface area contributed by atoms with E-state index in [2.05, 4.69) is 90.9 Å². The van der Waals surface area contributed by atoms with Crippen molar-refractivity contribution in [1.29, 1.82) is 0 Å². The zero-order valence-electron chi connectivity index (χ0n) is 23.3. The zero-order valence-corrected chi connectivity index (χ0v) is 23.3. The normalized spacial score (nSPS) is 11.8. The number of hydrogen-bond acceptors (Lipinski definition) is 3. The van der Waals surface area contributed by atoms with Gasteiger partial charge in [0.15, 0.2) is 11.0 Å². The van der Waals surface area contributed by atoms with Crippen LogP contribution in [0.4, 0.5) is 11.4 Å². The molecule has 5 aromatic carbocycles. The first-order valence-electron chi connectivity index (χ1n) is 13.9. The number of hydrogen-bond donors (Lipinski definition) is 0. The summed E-state index contributed by atoms with van der Waals surface area (Å²) in [5, 5.41) is 3.93. The van der Waals surface area contributed by atoms with Crippen molar-refractivity contribution in [3.63, 3.8) is 0 Å². The van der Waals surface area contributed by atoms with Crippen LogP contribution in [-0.4, -0.2) is 0 Å². The molecule has 7 aromatic rings. The van der Waals surface area contributed by atoms with E-state index in [9.17, 15) is 0 Å². The van der Waals surface area contributed by atoms with Crippen molar-refractivity contribution in [3.05, 3.63) is 145 Å². The molecule has 0 saturated heterocycles. The van der Waals surface area contributed by atoms with Crippen molar-refractivity contribution in [2.75, 3.05) is 4.90 Å². The minimum Gasteiger partial charge on any atom is -0.454 e. The van der Waals surface area contributed by atoms with Gasteiger partial charge >= 0.3 is 0 Å². The summed E-state index contributed by atoms with van der Waals surface area (Å²) >= 11 is 0. The van der Waals surface area contributed by atoms with E-state index in [0.29, 0.717) is 5.42 Å². The van der Waals surface area contributed by atoms with E-state index in [-0.39, 0.29) is 0 Å². The summed E-state index contributed by atoms with van der Waals surface area (Å²) in [7, 11) is 0. The van der Waals surface area contributed by atoms with Crippen LogP contribution in [0, 0.1) is 0 Å². The standard InChI is InChI=1S/C36H25NO2.C2H6/c1-3-31(35-24(2)28-14-7-9-18-33(28)38-35)37(27-22-20-26(21-23-27)25-12-5-4-6-13-25)32-17-11-16-30-29-15-8-10-19-34(29)39-36(30)32;1-2/h3-23H,1-2H2;1-2H3/b35-31-;. The SMILES string of the molecule is C=C/C(=c1/oc2ccccc2c1=C)N(c1ccc(-c2ccccc2)cc1)c1cccc2c1oc1ccccc12.CC. The number of fused-ring (bicyclic) bond motifs is 4. The van der Waals surface area contributed by atoms with Crippen LogP contribution in [0.2, 0.25) is 0 Å². The highest BCUT2D eigenvalue weighted by molar-refractivity contribution is 6.10. The Morgan fingerprint density at radius 2 is 1.20 bits per heavy atom. The van der Waals surface area contributed by atoms with Gasteiger partial charge in [0, 0.05) is 27.1 Å². The second-order valence-corrected chi connectivity index (χ2v) is 9.50. The largest absolute Gasteiger partial charge is 0.454 e. The van der Waals surface area contributed by atoms with Gasteiger partial charge in [0.2, 0.25) is 0 Å². The summed E-state index contributed by atoms with van der Waals surface area (Å²) in [4.78, 5) is 2.15. The maximum atomic E-state index is 6.46. The van der Waals surface area contributed by atoms with Crippen LogP contribution in [0.3, 0.4) is 0 Å². The van der Waals surface area contributed by atoms with Gasteiger partial charge < -0.3 is 13.7 Å². The molecule has 3 heteroatoms. The third-order valence-electron chi connectivity index (χ3n) is 7.22. The van der Waals surface area contributed by atoms with E-state index in [0.717, 1.165) is 60.8 Å². The summed E-state index contributed by atoms with van der Waals surface area (Å²) < 4.78 is 12.9. The number of para-hydroxylation sites is 3. The fourth-order valence-corrected chi connectivity index (χ4v) is 5.34. The minimum atomic E-state index is 0.673. The second-order valence-electron chi connectivity index (χ2n) is 9.50. The molecule has 0 radical (unpaired) electrons. The Bertz CT molecular complexity index is 2100. The van der Waals surface area contributed by atoms with Crippen molar-refractivity contribution in [3.8, 4) is 11.1 Å². The summed E-state index contributed by atoms with van der Waals surface area (Å²) in [6.07, 6.45) is 1.83. The van der Waals surface area contributed by atoms with Gasteiger partial charge in [0.25, 0.3) is 0 Å². The number of nitrogens with zero attached hydrogens (tertiary/aromatic N) is 1. The molecule has 0 atom stereocenters. The zero-order chi connectivity index (χ0) is 28.3. The smallest absolute Gasteiger partial charge is 0.159 e. The van der Waals surface area contributed by atoms with E-state index >= 15 is 0 Å². The lowest BCUT2D eigenvalue weighted by atomic mass is 10.0. The van der Waals surface area contributed by atoms with Gasteiger partial charge in [-0.2, -0.15) is 0 Å². The molecule has 7 rings (SSSR count). The molecule has 2 heterocycles. The molecule has 200 valence electrons. The predicted octanol–water partition coefficient (Wildman–Crippen LogP) is 9.57. The van der Waals surface area contributed by atoms with Crippen molar-refractivity contribution < 1.29 is 8.83 Å². The van der Waals surface area contributed by atoms with Crippen LogP contribution < -0.4 is 15.5 Å². The first-order valence-corrected chi connectivity index (χ1v) is 13.9. The van der Waals surface area contributed by atoms with Crippen molar-refractivity contribution >= 4 is 56.6 Å². The molecule has 0 bridgehead atoms. The summed E-state index contributed by atoms with van der Waals surface area (Å²) in [6.45, 7) is 12.6. The van der Waals surface area contributed by atoms with Gasteiger partial charge in [-0.05, 0) is 47.5 Å². The van der Waals surface area contributed by atoms with Crippen LogP contribution in [0.15, 0.2) is 143 Å². The van der Waals surface area contributed by atoms with Gasteiger partial charge in [0.1, 0.15) is 11.2 Å². The average Bonchev–Trinajstić information content (AvgIpc) is 3.59. The lowest BCUT2D eigenvalue weighted by Gasteiger charge is -2.26. The quantitative estimate of drug-likeness (QED) is 0.221. The van der Waals surface area contributed by atoms with Gasteiger partial charge in [0.05, 0.1) is 11.4 Å². The molecule has 41 heavy (non-hydrogen) atoms. The molecule has 0 aliphatic carbocycles. The highest BCUT2D eigenvalue weighted by atomic mass is 16.3. The second kappa shape index (κ2) is 11.1. The van der Waals surface area contributed by atoms with Crippen LogP contribution in [-0.2, 0) is 0 Å². The van der Waals surface area contributed by atoms with Crippen LogP contribution in [0.1, 0.15) is 13.8 Å². The topological polar surface area (TPSA) is 29.5 Å². The fraction of sp³-hybridized carbons (Fsp3) is 0.0526. The third-order valence-corrected chi connectivity index (χ3v) is 7.22. The Labute approximate surface area is 239 Å². The maximum absolute atomic E-state index is 6.46. The number of furan rings is 2. The number of rotatable bonds is 5. The van der Waals surface area contributed by atoms with E-state index in [1.54, 1.807) is 0 Å². The Morgan fingerprint density at radius 3 is 1.88 bits per heavy atom. The van der Waals surface area contributed by atoms with E-state index < -0.39 is 0 Å². The lowest BCUT2D eigenvalue weighted by molar-refractivity contribution is 0.572. The molecular formula is C38H31NO2. The monoisotopic (exact) mass is 533 g/mol. The molecule has 0 spiro atoms. The molecule has 3 nitrogen and oxygen atoms in total. The lowest BCUT2D eigenvalue weighted by Crippen LogP contribution is -2.29. The molecule has 0 fully saturated rings. The molecule has 0 aliphatic rings. The first-order chi connectivity index (χ1) is 20.2. The Morgan fingerprint density at radius 1 is 0.610 bits per heavy atom. The van der Waals surface area contributed by atoms with E-state index in [1.807, 2.05) is 68.5 Å². The molecule has 0 N–H and O–H groups in total. The molecular weight excluding hydrogens is 502 g/mol. The van der Waals surface area contributed by atoms with Gasteiger partial charge in [-0.1, -0.05) is 118 Å². The molecule has 0 aliphatic heterocycles. The van der Waals surface area contributed by atoms with E-state index in [1.165, 1.54) is 5.56 Å².